The predicted molar refractivity (Wildman–Crippen MR) is 128 cm³/mol. The predicted octanol–water partition coefficient (Wildman–Crippen LogP) is 2.51. The maximum atomic E-state index is 12.0. The van der Waals surface area contributed by atoms with Gasteiger partial charge in [0.25, 0.3) is 0 Å². The zero-order chi connectivity index (χ0) is 24.9. The first-order valence-electron chi connectivity index (χ1n) is 12.1. The van der Waals surface area contributed by atoms with Crippen LogP contribution in [0.15, 0.2) is 36.0 Å². The van der Waals surface area contributed by atoms with Crippen molar-refractivity contribution >= 4 is 17.6 Å². The molecule has 0 aromatic rings. The summed E-state index contributed by atoms with van der Waals surface area (Å²) < 4.78 is 17.9. The first-order chi connectivity index (χ1) is 16.0. The minimum absolute atomic E-state index is 0.0632. The Morgan fingerprint density at radius 2 is 1.82 bits per heavy atom. The monoisotopic (exact) mass is 474 g/mol. The summed E-state index contributed by atoms with van der Waals surface area (Å²) in [5.41, 5.74) is 6.31. The van der Waals surface area contributed by atoms with Gasteiger partial charge in [-0.2, -0.15) is 0 Å². The van der Waals surface area contributed by atoms with E-state index < -0.39 is 0 Å². The van der Waals surface area contributed by atoms with Crippen molar-refractivity contribution in [3.05, 3.63) is 36.0 Å². The number of ketones is 1. The number of rotatable bonds is 9. The molecule has 3 heterocycles. The summed E-state index contributed by atoms with van der Waals surface area (Å²) in [6.45, 7) is 8.27. The number of hydrogen-bond donors (Lipinski definition) is 2. The molecule has 0 aromatic carbocycles. The van der Waals surface area contributed by atoms with E-state index in [4.69, 9.17) is 19.9 Å². The largest absolute Gasteiger partial charge is 0.373 e. The summed E-state index contributed by atoms with van der Waals surface area (Å²) in [5.74, 6) is -0.515. The number of primary amides is 1. The van der Waals surface area contributed by atoms with Crippen LogP contribution in [0.1, 0.15) is 59.8 Å². The van der Waals surface area contributed by atoms with Gasteiger partial charge in [-0.3, -0.25) is 14.4 Å². The first kappa shape index (κ1) is 26.3. The van der Waals surface area contributed by atoms with Crippen molar-refractivity contribution in [1.29, 1.82) is 0 Å². The quantitative estimate of drug-likeness (QED) is 0.301. The van der Waals surface area contributed by atoms with Crippen LogP contribution < -0.4 is 11.1 Å². The van der Waals surface area contributed by atoms with Crippen molar-refractivity contribution in [2.45, 2.75) is 95.9 Å². The van der Waals surface area contributed by atoms with E-state index in [0.29, 0.717) is 6.61 Å². The van der Waals surface area contributed by atoms with Crippen LogP contribution >= 0.6 is 0 Å². The fraction of sp³-hybridized carbons (Fsp3) is 0.654. The van der Waals surface area contributed by atoms with Crippen LogP contribution in [-0.4, -0.2) is 60.3 Å². The Labute approximate surface area is 201 Å². The van der Waals surface area contributed by atoms with E-state index in [2.05, 4.69) is 24.4 Å². The zero-order valence-corrected chi connectivity index (χ0v) is 20.6. The maximum Gasteiger partial charge on any atom is 0.244 e. The molecule has 8 heteroatoms. The Balaban J connectivity index is 1.49. The van der Waals surface area contributed by atoms with Gasteiger partial charge in [-0.15, -0.1) is 0 Å². The van der Waals surface area contributed by atoms with Crippen LogP contribution in [0, 0.1) is 5.92 Å². The van der Waals surface area contributed by atoms with E-state index in [-0.39, 0.29) is 66.0 Å². The third kappa shape index (κ3) is 7.89. The Kier molecular flexibility index (Phi) is 8.84. The van der Waals surface area contributed by atoms with Crippen LogP contribution in [0.5, 0.6) is 0 Å². The van der Waals surface area contributed by atoms with Gasteiger partial charge in [-0.25, -0.2) is 0 Å². The number of amides is 2. The maximum absolute atomic E-state index is 12.0. The van der Waals surface area contributed by atoms with Crippen molar-refractivity contribution in [3.8, 4) is 0 Å². The van der Waals surface area contributed by atoms with Crippen molar-refractivity contribution in [1.82, 2.24) is 5.32 Å². The summed E-state index contributed by atoms with van der Waals surface area (Å²) in [6.07, 6.45) is 11.7. The Hall–Kier alpha value is -2.29. The smallest absolute Gasteiger partial charge is 0.244 e. The molecule has 3 aliphatic heterocycles. The molecular weight excluding hydrogens is 436 g/mol. The van der Waals surface area contributed by atoms with Gasteiger partial charge < -0.3 is 25.3 Å². The molecule has 34 heavy (non-hydrogen) atoms. The van der Waals surface area contributed by atoms with Gasteiger partial charge in [0.05, 0.1) is 49.1 Å². The first-order valence-corrected chi connectivity index (χ1v) is 12.1. The van der Waals surface area contributed by atoms with Gasteiger partial charge in [0.1, 0.15) is 0 Å². The number of nitrogens with one attached hydrogen (secondary N) is 1. The average molecular weight is 475 g/mol. The molecule has 3 saturated heterocycles. The highest BCUT2D eigenvalue weighted by atomic mass is 16.6. The molecule has 3 fully saturated rings. The van der Waals surface area contributed by atoms with Crippen LogP contribution in [0.25, 0.3) is 0 Å². The topological polar surface area (TPSA) is 120 Å². The third-order valence-corrected chi connectivity index (χ3v) is 6.78. The molecule has 3 aliphatic rings. The standard InChI is InChI=1S/C26H38N2O6/c1-16(5-8-20-13-26(15-32-26)14-21(34-20)12-24(27)30)6-9-23-17(2)11-22(19(4)33-23)28-25(31)10-7-18(3)29/h5-8,10,17,19-23H,9,11-15H2,1-4H3,(H2,27,30)(H,28,31)/b8-5+,10-7?,16-6+/t17-,19+,20+,21+,22+,23-,26+/m0/s1. The molecule has 188 valence electrons. The molecule has 2 amide bonds. The molecule has 8 nitrogen and oxygen atoms in total. The van der Waals surface area contributed by atoms with Crippen molar-refractivity contribution in [2.24, 2.45) is 11.7 Å². The van der Waals surface area contributed by atoms with Gasteiger partial charge >= 0.3 is 0 Å². The summed E-state index contributed by atoms with van der Waals surface area (Å²) in [6, 6.07) is -0.0888. The highest BCUT2D eigenvalue weighted by Gasteiger charge is 2.51. The van der Waals surface area contributed by atoms with Crippen LogP contribution in [-0.2, 0) is 28.6 Å². The Morgan fingerprint density at radius 3 is 2.47 bits per heavy atom. The zero-order valence-electron chi connectivity index (χ0n) is 20.6. The molecule has 1 spiro atoms. The number of hydrogen-bond acceptors (Lipinski definition) is 6. The van der Waals surface area contributed by atoms with Gasteiger partial charge in [-0.1, -0.05) is 30.7 Å². The number of allylic oxidation sites excluding steroid dienone is 3. The summed E-state index contributed by atoms with van der Waals surface area (Å²) >= 11 is 0. The van der Waals surface area contributed by atoms with E-state index in [1.165, 1.54) is 19.1 Å². The number of carbonyl (C=O) groups excluding carboxylic acids is 3. The molecule has 3 rings (SSSR count). The molecule has 0 saturated carbocycles. The second-order valence-electron chi connectivity index (χ2n) is 10.0. The molecule has 3 N–H and O–H groups in total. The van der Waals surface area contributed by atoms with Crippen molar-refractivity contribution in [3.63, 3.8) is 0 Å². The molecule has 0 unspecified atom stereocenters. The van der Waals surface area contributed by atoms with Gasteiger partial charge in [-0.05, 0) is 45.6 Å². The van der Waals surface area contributed by atoms with Gasteiger partial charge in [0.15, 0.2) is 5.78 Å². The minimum atomic E-state index is -0.355. The van der Waals surface area contributed by atoms with Crippen LogP contribution in [0.3, 0.4) is 0 Å². The van der Waals surface area contributed by atoms with Gasteiger partial charge in [0.2, 0.25) is 11.8 Å². The van der Waals surface area contributed by atoms with Gasteiger partial charge in [0, 0.05) is 18.9 Å². The minimum Gasteiger partial charge on any atom is -0.373 e. The fourth-order valence-corrected chi connectivity index (χ4v) is 4.77. The van der Waals surface area contributed by atoms with Crippen LogP contribution in [0.2, 0.25) is 0 Å². The Bertz CT molecular complexity index is 859. The van der Waals surface area contributed by atoms with Crippen LogP contribution in [0.4, 0.5) is 0 Å². The lowest BCUT2D eigenvalue weighted by Gasteiger charge is -2.39. The van der Waals surface area contributed by atoms with Crippen molar-refractivity contribution < 1.29 is 28.6 Å². The SMILES string of the molecule is CC(=O)C=CC(=O)N[C@@H]1C[C@H](C)[C@H](C/C=C(C)/C=C/[C@@H]2C[C@]3(CO3)C[C@@H](CC(N)=O)O2)O[C@@H]1C. The molecule has 7 atom stereocenters. The van der Waals surface area contributed by atoms with E-state index in [1.54, 1.807) is 0 Å². The normalized spacial score (nSPS) is 36.2. The molecule has 0 aliphatic carbocycles. The lowest BCUT2D eigenvalue weighted by Crippen LogP contribution is -2.50. The second-order valence-corrected chi connectivity index (χ2v) is 10.0. The van der Waals surface area contributed by atoms with E-state index in [9.17, 15) is 14.4 Å². The second kappa shape index (κ2) is 11.4. The third-order valence-electron chi connectivity index (χ3n) is 6.78. The number of carbonyl (C=O) groups is 3. The number of epoxide rings is 1. The van der Waals surface area contributed by atoms with E-state index >= 15 is 0 Å². The van der Waals surface area contributed by atoms with E-state index in [1.807, 2.05) is 19.9 Å². The van der Waals surface area contributed by atoms with E-state index in [0.717, 1.165) is 31.3 Å². The fourth-order valence-electron chi connectivity index (χ4n) is 4.77. The Morgan fingerprint density at radius 1 is 1.09 bits per heavy atom. The highest BCUT2D eigenvalue weighted by Crippen LogP contribution is 2.43. The molecular formula is C26H38N2O6. The molecule has 0 aromatic heterocycles. The number of nitrogens with two attached hydrogens (primary N) is 1. The lowest BCUT2D eigenvalue weighted by atomic mass is 9.88. The summed E-state index contributed by atoms with van der Waals surface area (Å²) in [7, 11) is 0. The summed E-state index contributed by atoms with van der Waals surface area (Å²) in [5, 5.41) is 2.94. The molecule has 0 bridgehead atoms. The van der Waals surface area contributed by atoms with Crippen molar-refractivity contribution in [2.75, 3.05) is 6.61 Å². The lowest BCUT2D eigenvalue weighted by molar-refractivity contribution is -0.125. The average Bonchev–Trinajstić information content (AvgIpc) is 3.49. The summed E-state index contributed by atoms with van der Waals surface area (Å²) in [4.78, 5) is 34.3. The number of ether oxygens (including phenoxy) is 3. The molecule has 0 radical (unpaired) electrons. The highest BCUT2D eigenvalue weighted by molar-refractivity contribution is 5.96.